The van der Waals surface area contributed by atoms with Gasteiger partial charge in [0.15, 0.2) is 0 Å². The van der Waals surface area contributed by atoms with E-state index in [1.807, 2.05) is 0 Å². The van der Waals surface area contributed by atoms with Crippen LogP contribution in [0.5, 0.6) is 0 Å². The summed E-state index contributed by atoms with van der Waals surface area (Å²) < 4.78 is 0. The van der Waals surface area contributed by atoms with Gasteiger partial charge in [-0.2, -0.15) is 0 Å². The average Bonchev–Trinajstić information content (AvgIpc) is 2.19. The van der Waals surface area contributed by atoms with Crippen molar-refractivity contribution < 1.29 is 0 Å². The van der Waals surface area contributed by atoms with Gasteiger partial charge in [-0.15, -0.1) is 0 Å². The average molecular weight is 196 g/mol. The predicted molar refractivity (Wildman–Crippen MR) is 60.4 cm³/mol. The molecular formula is C12H24N2. The van der Waals surface area contributed by atoms with Gasteiger partial charge in [0.25, 0.3) is 0 Å². The molecule has 1 aliphatic heterocycles. The molecule has 1 aliphatic carbocycles. The van der Waals surface area contributed by atoms with Gasteiger partial charge < -0.3 is 10.6 Å². The third kappa shape index (κ3) is 2.48. The molecule has 0 bridgehead atoms. The Morgan fingerprint density at radius 1 is 1.07 bits per heavy atom. The molecule has 0 aromatic heterocycles. The second-order valence-electron chi connectivity index (χ2n) is 5.65. The Labute approximate surface area is 87.8 Å². The first-order chi connectivity index (χ1) is 6.67. The molecule has 0 spiro atoms. The summed E-state index contributed by atoms with van der Waals surface area (Å²) >= 11 is 0. The molecule has 1 saturated heterocycles. The Hall–Kier alpha value is -0.0800. The Morgan fingerprint density at radius 2 is 1.79 bits per heavy atom. The van der Waals surface area contributed by atoms with Crippen molar-refractivity contribution in [3.05, 3.63) is 0 Å². The Balaban J connectivity index is 1.82. The van der Waals surface area contributed by atoms with E-state index < -0.39 is 0 Å². The summed E-state index contributed by atoms with van der Waals surface area (Å²) in [5, 5.41) is 7.36. The van der Waals surface area contributed by atoms with Crippen LogP contribution in [-0.2, 0) is 0 Å². The summed E-state index contributed by atoms with van der Waals surface area (Å²) in [4.78, 5) is 0. The standard InChI is InChI=1S/C12H24N2/c1-12(2)9-13-11(8-14-12)10-6-4-3-5-7-10/h10-11,13-14H,3-9H2,1-2H3. The maximum atomic E-state index is 3.72. The zero-order valence-corrected chi connectivity index (χ0v) is 9.60. The minimum atomic E-state index is 0.297. The van der Waals surface area contributed by atoms with Crippen LogP contribution < -0.4 is 10.6 Å². The normalized spacial score (nSPS) is 34.3. The van der Waals surface area contributed by atoms with Crippen LogP contribution in [-0.4, -0.2) is 24.7 Å². The van der Waals surface area contributed by atoms with E-state index in [4.69, 9.17) is 0 Å². The first-order valence-electron chi connectivity index (χ1n) is 6.16. The van der Waals surface area contributed by atoms with E-state index in [1.165, 1.54) is 32.1 Å². The zero-order chi connectivity index (χ0) is 10.0. The summed E-state index contributed by atoms with van der Waals surface area (Å²) in [7, 11) is 0. The smallest absolute Gasteiger partial charge is 0.0250 e. The number of hydrogen-bond donors (Lipinski definition) is 2. The van der Waals surface area contributed by atoms with E-state index in [0.29, 0.717) is 5.54 Å². The minimum absolute atomic E-state index is 0.297. The van der Waals surface area contributed by atoms with Gasteiger partial charge in [-0.05, 0) is 32.6 Å². The van der Waals surface area contributed by atoms with Crippen molar-refractivity contribution in [2.45, 2.75) is 57.5 Å². The van der Waals surface area contributed by atoms with Crippen LogP contribution in [0.4, 0.5) is 0 Å². The van der Waals surface area contributed by atoms with Gasteiger partial charge in [0.2, 0.25) is 0 Å². The lowest BCUT2D eigenvalue weighted by molar-refractivity contribution is 0.193. The van der Waals surface area contributed by atoms with Crippen LogP contribution in [0, 0.1) is 5.92 Å². The number of nitrogens with one attached hydrogen (secondary N) is 2. The summed E-state index contributed by atoms with van der Waals surface area (Å²) in [6.45, 7) is 6.83. The van der Waals surface area contributed by atoms with E-state index in [1.54, 1.807) is 0 Å². The fourth-order valence-corrected chi connectivity index (χ4v) is 2.78. The molecule has 2 nitrogen and oxygen atoms in total. The first kappa shape index (κ1) is 10.4. The Morgan fingerprint density at radius 3 is 2.36 bits per heavy atom. The molecule has 0 radical (unpaired) electrons. The highest BCUT2D eigenvalue weighted by Gasteiger charge is 2.30. The van der Waals surface area contributed by atoms with Gasteiger partial charge >= 0.3 is 0 Å². The molecular weight excluding hydrogens is 172 g/mol. The van der Waals surface area contributed by atoms with E-state index in [2.05, 4.69) is 24.5 Å². The summed E-state index contributed by atoms with van der Waals surface area (Å²) in [5.41, 5.74) is 0.297. The third-order valence-corrected chi connectivity index (χ3v) is 3.83. The maximum Gasteiger partial charge on any atom is 0.0250 e. The Kier molecular flexibility index (Phi) is 3.13. The first-order valence-corrected chi connectivity index (χ1v) is 6.16. The molecule has 1 saturated carbocycles. The van der Waals surface area contributed by atoms with Gasteiger partial charge in [0.1, 0.15) is 0 Å². The van der Waals surface area contributed by atoms with E-state index >= 15 is 0 Å². The molecule has 82 valence electrons. The topological polar surface area (TPSA) is 24.1 Å². The van der Waals surface area contributed by atoms with Crippen LogP contribution >= 0.6 is 0 Å². The monoisotopic (exact) mass is 196 g/mol. The van der Waals surface area contributed by atoms with Crippen molar-refractivity contribution in [1.82, 2.24) is 10.6 Å². The van der Waals surface area contributed by atoms with Gasteiger partial charge in [-0.3, -0.25) is 0 Å². The molecule has 2 rings (SSSR count). The van der Waals surface area contributed by atoms with E-state index in [0.717, 1.165) is 25.0 Å². The maximum absolute atomic E-state index is 3.72. The largest absolute Gasteiger partial charge is 0.311 e. The molecule has 2 N–H and O–H groups in total. The number of hydrogen-bond acceptors (Lipinski definition) is 2. The summed E-state index contributed by atoms with van der Waals surface area (Å²) in [5.74, 6) is 0.937. The lowest BCUT2D eigenvalue weighted by Crippen LogP contribution is -2.61. The van der Waals surface area contributed by atoms with Crippen molar-refractivity contribution in [2.24, 2.45) is 5.92 Å². The second-order valence-corrected chi connectivity index (χ2v) is 5.65. The van der Waals surface area contributed by atoms with Gasteiger partial charge in [-0.25, -0.2) is 0 Å². The highest BCUT2D eigenvalue weighted by Crippen LogP contribution is 2.27. The lowest BCUT2D eigenvalue weighted by atomic mass is 9.82. The second kappa shape index (κ2) is 4.19. The molecule has 0 aromatic carbocycles. The SMILES string of the molecule is CC1(C)CNC(C2CCCCC2)CN1. The summed E-state index contributed by atoms with van der Waals surface area (Å²) in [6, 6.07) is 0.739. The fraction of sp³-hybridized carbons (Fsp3) is 1.00. The summed E-state index contributed by atoms with van der Waals surface area (Å²) in [6.07, 6.45) is 7.25. The predicted octanol–water partition coefficient (Wildman–Crippen LogP) is 1.91. The molecule has 0 aromatic rings. The van der Waals surface area contributed by atoms with Crippen molar-refractivity contribution in [1.29, 1.82) is 0 Å². The fourth-order valence-electron chi connectivity index (χ4n) is 2.78. The number of piperazine rings is 1. The van der Waals surface area contributed by atoms with E-state index in [-0.39, 0.29) is 0 Å². The van der Waals surface area contributed by atoms with Gasteiger partial charge in [-0.1, -0.05) is 19.3 Å². The molecule has 1 atom stereocenters. The molecule has 1 unspecified atom stereocenters. The van der Waals surface area contributed by atoms with Crippen molar-refractivity contribution in [2.75, 3.05) is 13.1 Å². The highest BCUT2D eigenvalue weighted by molar-refractivity contribution is 4.92. The van der Waals surface area contributed by atoms with Crippen LogP contribution in [0.3, 0.4) is 0 Å². The third-order valence-electron chi connectivity index (χ3n) is 3.83. The quantitative estimate of drug-likeness (QED) is 0.669. The van der Waals surface area contributed by atoms with Crippen molar-refractivity contribution in [3.8, 4) is 0 Å². The lowest BCUT2D eigenvalue weighted by Gasteiger charge is -2.41. The number of rotatable bonds is 1. The molecule has 1 heterocycles. The molecule has 2 aliphatic rings. The minimum Gasteiger partial charge on any atom is -0.311 e. The molecule has 2 heteroatoms. The van der Waals surface area contributed by atoms with Crippen LogP contribution in [0.1, 0.15) is 46.0 Å². The van der Waals surface area contributed by atoms with Gasteiger partial charge in [0.05, 0.1) is 0 Å². The molecule has 14 heavy (non-hydrogen) atoms. The van der Waals surface area contributed by atoms with Gasteiger partial charge in [0, 0.05) is 24.7 Å². The molecule has 2 fully saturated rings. The van der Waals surface area contributed by atoms with Crippen molar-refractivity contribution >= 4 is 0 Å². The highest BCUT2D eigenvalue weighted by atomic mass is 15.1. The van der Waals surface area contributed by atoms with E-state index in [9.17, 15) is 0 Å². The van der Waals surface area contributed by atoms with Crippen LogP contribution in [0.2, 0.25) is 0 Å². The van der Waals surface area contributed by atoms with Crippen molar-refractivity contribution in [3.63, 3.8) is 0 Å². The van der Waals surface area contributed by atoms with Crippen LogP contribution in [0.15, 0.2) is 0 Å². The molecule has 0 amide bonds. The van der Waals surface area contributed by atoms with Crippen LogP contribution in [0.25, 0.3) is 0 Å². The Bertz CT molecular complexity index is 173. The zero-order valence-electron chi connectivity index (χ0n) is 9.60.